The lowest BCUT2D eigenvalue weighted by Crippen LogP contribution is -2.03. The van der Waals surface area contributed by atoms with Gasteiger partial charge in [0, 0.05) is 34.6 Å². The molecule has 326 valence electrons. The zero-order valence-electron chi connectivity index (χ0n) is 39.1. The second-order valence-corrected chi connectivity index (χ2v) is 18.0. The van der Waals surface area contributed by atoms with Crippen molar-refractivity contribution in [3.8, 4) is 112 Å². The standard InChI is InChI=1S/C66H49BN2/c1-44-35-65(68-42-63(44)54-21-13-19-52(37-54)46-15-5-3-6-16-46)50-31-27-48(28-32-50)59-23-9-11-25-61(59)56-39-57(41-58(67)40-56)62-26-12-10-24-60(62)49-29-33-51(34-30-49)66-36-45(2)64(43-69-66)55-22-14-20-53(38-55)47-17-7-4-8-18-47/h3-43H,67H2,1-2H3. The minimum Gasteiger partial charge on any atom is -0.256 e. The van der Waals surface area contributed by atoms with Gasteiger partial charge in [-0.05, 0) is 133 Å². The van der Waals surface area contributed by atoms with Crippen LogP contribution in [0.1, 0.15) is 11.1 Å². The third-order valence-electron chi connectivity index (χ3n) is 13.3. The lowest BCUT2D eigenvalue weighted by Gasteiger charge is -2.16. The summed E-state index contributed by atoms with van der Waals surface area (Å²) in [5.74, 6) is 0. The van der Waals surface area contributed by atoms with E-state index in [1.165, 1.54) is 94.5 Å². The quantitative estimate of drug-likeness (QED) is 0.128. The van der Waals surface area contributed by atoms with Crippen molar-refractivity contribution in [1.82, 2.24) is 9.97 Å². The van der Waals surface area contributed by atoms with E-state index >= 15 is 0 Å². The first-order chi connectivity index (χ1) is 33.9. The molecule has 69 heavy (non-hydrogen) atoms. The maximum Gasteiger partial charge on any atom is 0.139 e. The number of rotatable bonds is 10. The molecule has 0 bridgehead atoms. The summed E-state index contributed by atoms with van der Waals surface area (Å²) in [6, 6.07) is 85.1. The Morgan fingerprint density at radius 1 is 0.246 bits per heavy atom. The van der Waals surface area contributed by atoms with Crippen LogP contribution in [0.3, 0.4) is 0 Å². The molecule has 0 aliphatic rings. The molecule has 2 nitrogen and oxygen atoms in total. The van der Waals surface area contributed by atoms with Gasteiger partial charge in [0.15, 0.2) is 0 Å². The van der Waals surface area contributed by atoms with Gasteiger partial charge in [0.05, 0.1) is 11.4 Å². The molecule has 0 radical (unpaired) electrons. The molecule has 0 unspecified atom stereocenters. The second-order valence-electron chi connectivity index (χ2n) is 18.0. The molecule has 9 aromatic carbocycles. The van der Waals surface area contributed by atoms with Crippen molar-refractivity contribution in [3.63, 3.8) is 0 Å². The molecule has 11 rings (SSSR count). The fraction of sp³-hybridized carbons (Fsp3) is 0.0303. The monoisotopic (exact) mass is 880 g/mol. The lowest BCUT2D eigenvalue weighted by molar-refractivity contribution is 1.29. The molecule has 0 saturated carbocycles. The number of nitrogens with zero attached hydrogens (tertiary/aromatic N) is 2. The van der Waals surface area contributed by atoms with Crippen molar-refractivity contribution in [2.24, 2.45) is 0 Å². The highest BCUT2D eigenvalue weighted by Crippen LogP contribution is 2.39. The molecule has 0 saturated heterocycles. The zero-order valence-corrected chi connectivity index (χ0v) is 39.1. The van der Waals surface area contributed by atoms with Gasteiger partial charge in [0.2, 0.25) is 0 Å². The predicted octanol–water partition coefficient (Wildman–Crippen LogP) is 16.0. The van der Waals surface area contributed by atoms with Crippen LogP contribution in [0.5, 0.6) is 0 Å². The van der Waals surface area contributed by atoms with Crippen molar-refractivity contribution < 1.29 is 0 Å². The van der Waals surface area contributed by atoms with Crippen LogP contribution in [0.25, 0.3) is 112 Å². The Kier molecular flexibility index (Phi) is 11.8. The predicted molar refractivity (Wildman–Crippen MR) is 294 cm³/mol. The summed E-state index contributed by atoms with van der Waals surface area (Å²) in [5.41, 5.74) is 26.7. The van der Waals surface area contributed by atoms with Crippen molar-refractivity contribution in [1.29, 1.82) is 0 Å². The number of pyridine rings is 2. The molecule has 2 aromatic heterocycles. The van der Waals surface area contributed by atoms with E-state index in [0.717, 1.165) is 33.6 Å². The smallest absolute Gasteiger partial charge is 0.139 e. The van der Waals surface area contributed by atoms with Gasteiger partial charge in [0.1, 0.15) is 7.85 Å². The third kappa shape index (κ3) is 8.99. The average molecular weight is 881 g/mol. The van der Waals surface area contributed by atoms with Crippen LogP contribution in [0.2, 0.25) is 0 Å². The lowest BCUT2D eigenvalue weighted by atomic mass is 9.84. The molecule has 0 spiro atoms. The van der Waals surface area contributed by atoms with Crippen molar-refractivity contribution in [3.05, 3.63) is 260 Å². The topological polar surface area (TPSA) is 25.8 Å². The molecular weight excluding hydrogens is 832 g/mol. The largest absolute Gasteiger partial charge is 0.256 e. The SMILES string of the molecule is Bc1cc(-c2ccccc2-c2ccc(-c3cc(C)c(-c4cccc(-c5ccccc5)c4)cn3)cc2)cc(-c2ccccc2-c2ccc(-c3cc(C)c(-c4cccc(-c5ccccc5)c4)cn3)cc2)c1. The van der Waals surface area contributed by atoms with Crippen LogP contribution in [-0.2, 0) is 0 Å². The first kappa shape index (κ1) is 42.9. The molecule has 11 aromatic rings. The van der Waals surface area contributed by atoms with Gasteiger partial charge in [-0.15, -0.1) is 0 Å². The fourth-order valence-corrected chi connectivity index (χ4v) is 9.73. The summed E-state index contributed by atoms with van der Waals surface area (Å²) in [6.07, 6.45) is 4.04. The fourth-order valence-electron chi connectivity index (χ4n) is 9.73. The van der Waals surface area contributed by atoms with Crippen molar-refractivity contribution in [2.75, 3.05) is 0 Å². The minimum absolute atomic E-state index is 0.967. The van der Waals surface area contributed by atoms with Crippen LogP contribution in [-0.4, -0.2) is 17.8 Å². The molecular formula is C66H49BN2. The van der Waals surface area contributed by atoms with Gasteiger partial charge in [-0.25, -0.2) is 0 Å². The van der Waals surface area contributed by atoms with Gasteiger partial charge in [-0.2, -0.15) is 0 Å². The van der Waals surface area contributed by atoms with Gasteiger partial charge < -0.3 is 0 Å². The number of hydrogen-bond acceptors (Lipinski definition) is 2. The van der Waals surface area contributed by atoms with Crippen LogP contribution >= 0.6 is 0 Å². The summed E-state index contributed by atoms with van der Waals surface area (Å²) in [7, 11) is 2.20. The van der Waals surface area contributed by atoms with Gasteiger partial charge in [-0.3, -0.25) is 9.97 Å². The van der Waals surface area contributed by atoms with E-state index < -0.39 is 0 Å². The van der Waals surface area contributed by atoms with Gasteiger partial charge in [0.25, 0.3) is 0 Å². The Hall–Kier alpha value is -8.66. The molecule has 0 atom stereocenters. The van der Waals surface area contributed by atoms with Gasteiger partial charge >= 0.3 is 0 Å². The van der Waals surface area contributed by atoms with E-state index in [1.54, 1.807) is 0 Å². The van der Waals surface area contributed by atoms with E-state index in [-0.39, 0.29) is 0 Å². The Morgan fingerprint density at radius 3 is 0.957 bits per heavy atom. The number of hydrogen-bond donors (Lipinski definition) is 0. The number of aryl methyl sites for hydroxylation is 2. The Labute approximate surface area is 406 Å². The summed E-state index contributed by atoms with van der Waals surface area (Å²) >= 11 is 0. The summed E-state index contributed by atoms with van der Waals surface area (Å²) in [6.45, 7) is 4.36. The molecule has 0 fully saturated rings. The first-order valence-electron chi connectivity index (χ1n) is 23.7. The maximum absolute atomic E-state index is 4.97. The molecule has 0 N–H and O–H groups in total. The van der Waals surface area contributed by atoms with Gasteiger partial charge in [-0.1, -0.05) is 212 Å². The minimum atomic E-state index is 0.967. The molecule has 3 heteroatoms. The van der Waals surface area contributed by atoms with Crippen molar-refractivity contribution >= 4 is 13.3 Å². The van der Waals surface area contributed by atoms with Crippen LogP contribution in [0.4, 0.5) is 0 Å². The first-order valence-corrected chi connectivity index (χ1v) is 23.7. The highest BCUT2D eigenvalue weighted by molar-refractivity contribution is 6.33. The maximum atomic E-state index is 4.97. The van der Waals surface area contributed by atoms with E-state index in [0.29, 0.717) is 0 Å². The third-order valence-corrected chi connectivity index (χ3v) is 13.3. The van der Waals surface area contributed by atoms with E-state index in [1.807, 2.05) is 12.4 Å². The molecule has 2 heterocycles. The second kappa shape index (κ2) is 18.9. The summed E-state index contributed by atoms with van der Waals surface area (Å²) in [5, 5.41) is 0. The molecule has 0 aliphatic carbocycles. The normalized spacial score (nSPS) is 11.1. The molecule has 0 aliphatic heterocycles. The van der Waals surface area contributed by atoms with Crippen molar-refractivity contribution in [2.45, 2.75) is 13.8 Å². The summed E-state index contributed by atoms with van der Waals surface area (Å²) < 4.78 is 0. The average Bonchev–Trinajstić information content (AvgIpc) is 3.41. The van der Waals surface area contributed by atoms with E-state index in [9.17, 15) is 0 Å². The van der Waals surface area contributed by atoms with E-state index in [2.05, 4.69) is 258 Å². The highest BCUT2D eigenvalue weighted by Gasteiger charge is 2.15. The van der Waals surface area contributed by atoms with E-state index in [4.69, 9.17) is 9.97 Å². The Bertz CT molecular complexity index is 3380. The van der Waals surface area contributed by atoms with Crippen LogP contribution < -0.4 is 5.46 Å². The highest BCUT2D eigenvalue weighted by atomic mass is 14.7. The Morgan fingerprint density at radius 2 is 0.565 bits per heavy atom. The zero-order chi connectivity index (χ0) is 46.7. The summed E-state index contributed by atoms with van der Waals surface area (Å²) in [4.78, 5) is 9.95. The number of benzene rings is 9. The molecule has 0 amide bonds. The van der Waals surface area contributed by atoms with Crippen LogP contribution in [0, 0.1) is 13.8 Å². The Balaban J connectivity index is 0.841. The number of aromatic nitrogens is 2. The van der Waals surface area contributed by atoms with Crippen LogP contribution in [0.15, 0.2) is 249 Å².